The molecule has 18 aromatic heterocycles. The number of aromatic nitrogens is 16. The van der Waals surface area contributed by atoms with Gasteiger partial charge in [0, 0.05) is 93.6 Å². The number of furan rings is 1. The van der Waals surface area contributed by atoms with Crippen molar-refractivity contribution in [3.05, 3.63) is 189 Å². The van der Waals surface area contributed by atoms with Crippen molar-refractivity contribution in [2.45, 2.75) is 122 Å². The van der Waals surface area contributed by atoms with Crippen molar-refractivity contribution < 1.29 is 39.7 Å². The highest BCUT2D eigenvalue weighted by atomic mass is 32.1. The van der Waals surface area contributed by atoms with E-state index in [2.05, 4.69) is 283 Å². The summed E-state index contributed by atoms with van der Waals surface area (Å²) in [7, 11) is 12.6. The number of fused-ring (bicyclic) bond motifs is 14. The predicted octanol–water partition coefficient (Wildman–Crippen LogP) is 13.3. The number of hydrogen-bond donors (Lipinski definition) is 0. The molecule has 0 radical (unpaired) electrons. The third-order valence-electron chi connectivity index (χ3n) is 18.6. The van der Waals surface area contributed by atoms with Crippen molar-refractivity contribution in [3.63, 3.8) is 0 Å². The van der Waals surface area contributed by atoms with Crippen LogP contribution in [-0.4, -0.2) is 47.3 Å². The monoisotopic (exact) mass is 1340 g/mol. The number of oxazole rings is 2. The number of thiophene rings is 1. The molecular formula is C74H86N16O3S3+6. The second-order valence-corrected chi connectivity index (χ2v) is 28.1. The quantitative estimate of drug-likeness (QED) is 0.151. The van der Waals surface area contributed by atoms with E-state index < -0.39 is 0 Å². The highest BCUT2D eigenvalue weighted by Gasteiger charge is 2.23. The molecule has 0 unspecified atom stereocenters. The van der Waals surface area contributed by atoms with Crippen LogP contribution in [0.4, 0.5) is 0 Å². The second-order valence-electron chi connectivity index (χ2n) is 24.7. The molecular weight excluding hydrogens is 1260 g/mol. The number of aryl methyl sites for hydroxylation is 18. The van der Waals surface area contributed by atoms with Crippen LogP contribution in [0.15, 0.2) is 135 Å². The zero-order valence-electron chi connectivity index (χ0n) is 58.4. The van der Waals surface area contributed by atoms with Crippen LogP contribution in [0.5, 0.6) is 0 Å². The van der Waals surface area contributed by atoms with Gasteiger partial charge in [0.05, 0.1) is 75.8 Å². The Morgan fingerprint density at radius 1 is 0.375 bits per heavy atom. The summed E-state index contributed by atoms with van der Waals surface area (Å²) in [5.74, 6) is 1.42. The highest BCUT2D eigenvalue weighted by Crippen LogP contribution is 2.27. The molecule has 0 saturated heterocycles. The first-order valence-corrected chi connectivity index (χ1v) is 35.5. The van der Waals surface area contributed by atoms with E-state index in [9.17, 15) is 0 Å². The van der Waals surface area contributed by atoms with E-state index in [1.54, 1.807) is 22.7 Å². The zero-order valence-corrected chi connectivity index (χ0v) is 60.8. The standard InChI is InChI=1S/C13H15N2O.C13H15N2S.2C12H14N3O.2C12H14N3S/c2*1-4-10-6-15-7-11-9(2)8-16-12(11)5-13(15)14(10)3;1-4-9-6-15-7-10-11(16-8(2)13-10)5-12(15)14(9)3;1-4-9-7-15-11(14(9)3)6-5-10-12(15)13-8(2)16-10;1-4-9-6-15-7-10-11(16-8(2)13-10)5-12(15)14(9)3;1-4-9-7-15-11(14(9)3)6-5-10-12(15)13-8(2)16-10/h2*5-8H,4H2,1-3H3;4*5-7H,4H2,1-3H3/q6*+1. The minimum Gasteiger partial charge on any atom is -0.464 e. The van der Waals surface area contributed by atoms with Crippen LogP contribution in [-0.2, 0) is 80.8 Å². The Kier molecular flexibility index (Phi) is 17.7. The van der Waals surface area contributed by atoms with E-state index >= 15 is 0 Å². The van der Waals surface area contributed by atoms with Gasteiger partial charge in [-0.25, -0.2) is 45.8 Å². The maximum absolute atomic E-state index is 5.54. The van der Waals surface area contributed by atoms with Crippen LogP contribution in [0.25, 0.3) is 97.8 Å². The summed E-state index contributed by atoms with van der Waals surface area (Å²) in [6.45, 7) is 25.1. The van der Waals surface area contributed by atoms with Gasteiger partial charge in [-0.15, -0.1) is 22.7 Å². The third kappa shape index (κ3) is 11.9. The molecule has 0 aliphatic rings. The molecule has 19 nitrogen and oxygen atoms in total. The lowest BCUT2D eigenvalue weighted by atomic mass is 10.2. The van der Waals surface area contributed by atoms with Crippen molar-refractivity contribution in [2.24, 2.45) is 42.3 Å². The summed E-state index contributed by atoms with van der Waals surface area (Å²) >= 11 is 5.33. The minimum absolute atomic E-state index is 0.705. The summed E-state index contributed by atoms with van der Waals surface area (Å²) in [5.41, 5.74) is 24.3. The molecule has 0 aliphatic carbocycles. The lowest BCUT2D eigenvalue weighted by Gasteiger charge is -1.92. The van der Waals surface area contributed by atoms with Crippen molar-refractivity contribution in [1.29, 1.82) is 0 Å². The van der Waals surface area contributed by atoms with Crippen molar-refractivity contribution in [3.8, 4) is 0 Å². The summed E-state index contributed by atoms with van der Waals surface area (Å²) in [5, 5.41) is 7.03. The summed E-state index contributed by atoms with van der Waals surface area (Å²) in [4.78, 5) is 17.9. The Balaban J connectivity index is 0.000000104. The Bertz CT molecular complexity index is 5540. The lowest BCUT2D eigenvalue weighted by Crippen LogP contribution is -2.20. The maximum Gasteiger partial charge on any atom is 0.314 e. The van der Waals surface area contributed by atoms with Gasteiger partial charge in [-0.2, -0.15) is 8.80 Å². The molecule has 18 heterocycles. The van der Waals surface area contributed by atoms with Crippen molar-refractivity contribution in [1.82, 2.24) is 47.3 Å². The molecule has 18 rings (SSSR count). The summed E-state index contributed by atoms with van der Waals surface area (Å²) in [6, 6.07) is 17.0. The third-order valence-corrected chi connectivity index (χ3v) is 21.5. The number of hydrogen-bond acceptors (Lipinski definition) is 10. The van der Waals surface area contributed by atoms with Gasteiger partial charge < -0.3 is 13.3 Å². The van der Waals surface area contributed by atoms with Crippen LogP contribution in [0.1, 0.15) is 109 Å². The van der Waals surface area contributed by atoms with Gasteiger partial charge >= 0.3 is 5.65 Å². The van der Waals surface area contributed by atoms with E-state index in [4.69, 9.17) is 13.3 Å². The van der Waals surface area contributed by atoms with Crippen LogP contribution in [0, 0.1) is 41.5 Å². The molecule has 492 valence electrons. The Morgan fingerprint density at radius 3 is 1.39 bits per heavy atom. The molecule has 0 N–H and O–H groups in total. The molecule has 22 heteroatoms. The lowest BCUT2D eigenvalue weighted by molar-refractivity contribution is -0.509. The largest absolute Gasteiger partial charge is 0.464 e. The molecule has 0 aliphatic heterocycles. The fourth-order valence-corrected chi connectivity index (χ4v) is 15.7. The second kappa shape index (κ2) is 26.2. The van der Waals surface area contributed by atoms with Gasteiger partial charge in [-0.3, -0.25) is 9.13 Å². The number of thiazole rings is 2. The topological polar surface area (TPSA) is 145 Å². The molecule has 0 fully saturated rings. The number of nitrogens with zero attached hydrogens (tertiary/aromatic N) is 16. The van der Waals surface area contributed by atoms with Crippen LogP contribution >= 0.6 is 34.0 Å². The van der Waals surface area contributed by atoms with E-state index in [0.717, 1.165) is 98.9 Å². The highest BCUT2D eigenvalue weighted by molar-refractivity contribution is 7.18. The molecule has 0 bridgehead atoms. The first kappa shape index (κ1) is 65.0. The molecule has 0 aromatic carbocycles. The fourth-order valence-electron chi connectivity index (χ4n) is 13.1. The average molecular weight is 1340 g/mol. The minimum atomic E-state index is 0.705. The van der Waals surface area contributed by atoms with Crippen LogP contribution in [0.3, 0.4) is 0 Å². The van der Waals surface area contributed by atoms with Gasteiger partial charge in [-0.1, -0.05) is 62.8 Å². The van der Waals surface area contributed by atoms with E-state index in [1.165, 1.54) is 92.8 Å². The maximum atomic E-state index is 5.54. The normalized spacial score (nSPS) is 11.7. The summed E-state index contributed by atoms with van der Waals surface area (Å²) < 4.78 is 46.7. The van der Waals surface area contributed by atoms with E-state index in [0.29, 0.717) is 11.8 Å². The fraction of sp³-hybridized carbons (Fsp3) is 0.324. The smallest absolute Gasteiger partial charge is 0.314 e. The number of pyridine rings is 6. The Hall–Kier alpha value is -9.64. The zero-order chi connectivity index (χ0) is 67.7. The molecule has 0 amide bonds. The molecule has 0 saturated carbocycles. The molecule has 96 heavy (non-hydrogen) atoms. The molecule has 0 atom stereocenters. The molecule has 18 aromatic rings. The van der Waals surface area contributed by atoms with Gasteiger partial charge in [0.15, 0.2) is 16.5 Å². The van der Waals surface area contributed by atoms with Crippen molar-refractivity contribution >= 4 is 132 Å². The first-order chi connectivity index (χ1) is 46.2. The van der Waals surface area contributed by atoms with E-state index in [1.807, 2.05) is 49.8 Å². The van der Waals surface area contributed by atoms with Gasteiger partial charge in [-0.05, 0) is 49.4 Å². The Labute approximate surface area is 568 Å². The van der Waals surface area contributed by atoms with E-state index in [-0.39, 0.29) is 0 Å². The summed E-state index contributed by atoms with van der Waals surface area (Å²) in [6.07, 6.45) is 29.6. The SMILES string of the molecule is CCc1c[n+]2c3nc(C)oc3ccc2n1C.CCc1c[n+]2c3nc(C)sc3ccc2n1C.CCc1c[n+]2cc3c(C)coc3cc2n1C.CCc1c[n+]2cc3c(C)csc3cc2n1C.CCc1c[n+]2cc3nc(C)oc3cc2n1C.CCc1c[n+]2cc3nc(C)sc3cc2n1C. The van der Waals surface area contributed by atoms with Gasteiger partial charge in [0.25, 0.3) is 34.1 Å². The Morgan fingerprint density at radius 2 is 0.812 bits per heavy atom. The predicted molar refractivity (Wildman–Crippen MR) is 383 cm³/mol. The average Bonchev–Trinajstić information content (AvgIpc) is 1.68. The molecule has 0 spiro atoms. The van der Waals surface area contributed by atoms with Crippen molar-refractivity contribution in [2.75, 3.05) is 0 Å². The van der Waals surface area contributed by atoms with Gasteiger partial charge in [0.1, 0.15) is 117 Å². The van der Waals surface area contributed by atoms with Crippen LogP contribution < -0.4 is 26.4 Å². The van der Waals surface area contributed by atoms with Gasteiger partial charge in [0.2, 0.25) is 16.9 Å². The number of rotatable bonds is 6. The first-order valence-electron chi connectivity index (χ1n) is 33.0. The number of imidazole rings is 6. The van der Waals surface area contributed by atoms with Crippen LogP contribution in [0.2, 0.25) is 0 Å².